The number of H-pyrrole nitrogens is 1. The van der Waals surface area contributed by atoms with E-state index in [2.05, 4.69) is 17.2 Å². The summed E-state index contributed by atoms with van der Waals surface area (Å²) in [6.45, 7) is 7.73. The van der Waals surface area contributed by atoms with Gasteiger partial charge in [-0.3, -0.25) is 28.8 Å². The van der Waals surface area contributed by atoms with Gasteiger partial charge in [-0.05, 0) is 43.9 Å². The molecule has 0 bridgehead atoms. The predicted octanol–water partition coefficient (Wildman–Crippen LogP) is 1.80. The van der Waals surface area contributed by atoms with Crippen LogP contribution in [0.3, 0.4) is 0 Å². The molecular weight excluding hydrogens is 452 g/mol. The minimum Gasteiger partial charge on any atom is -0.383 e. The van der Waals surface area contributed by atoms with Crippen molar-refractivity contribution in [2.45, 2.75) is 84.7 Å². The van der Waals surface area contributed by atoms with Gasteiger partial charge in [0.05, 0.1) is 0 Å². The summed E-state index contributed by atoms with van der Waals surface area (Å²) in [5.41, 5.74) is 3.72. The second-order valence-electron chi connectivity index (χ2n) is 10.2. The van der Waals surface area contributed by atoms with Gasteiger partial charge >= 0.3 is 11.7 Å². The van der Waals surface area contributed by atoms with Crippen molar-refractivity contribution < 1.29 is 14.4 Å². The molecule has 11 heteroatoms. The van der Waals surface area contributed by atoms with Crippen molar-refractivity contribution in [1.82, 2.24) is 19.8 Å². The van der Waals surface area contributed by atoms with Crippen molar-refractivity contribution in [3.63, 3.8) is 0 Å². The number of hydrogen-bond acceptors (Lipinski definition) is 6. The van der Waals surface area contributed by atoms with Crippen molar-refractivity contribution in [1.29, 1.82) is 0 Å². The van der Waals surface area contributed by atoms with Gasteiger partial charge in [0.2, 0.25) is 5.91 Å². The van der Waals surface area contributed by atoms with Gasteiger partial charge in [0.1, 0.15) is 17.9 Å². The fourth-order valence-corrected chi connectivity index (χ4v) is 5.02. The molecule has 1 aliphatic carbocycles. The van der Waals surface area contributed by atoms with Crippen molar-refractivity contribution in [2.75, 3.05) is 23.7 Å². The van der Waals surface area contributed by atoms with E-state index >= 15 is 0 Å². The maximum Gasteiger partial charge on any atom is 0.330 e. The van der Waals surface area contributed by atoms with Gasteiger partial charge in [-0.25, -0.2) is 9.59 Å². The first-order valence-corrected chi connectivity index (χ1v) is 12.6. The second-order valence-corrected chi connectivity index (χ2v) is 10.2. The number of anilines is 2. The van der Waals surface area contributed by atoms with Gasteiger partial charge in [-0.15, -0.1) is 0 Å². The number of carbonyl (C=O) groups excluding carboxylic acids is 3. The fourth-order valence-electron chi connectivity index (χ4n) is 5.02. The van der Waals surface area contributed by atoms with Crippen LogP contribution in [0.25, 0.3) is 0 Å². The number of nitrogens with two attached hydrogens (primary N) is 1. The average Bonchev–Trinajstić information content (AvgIpc) is 3.02. The maximum absolute atomic E-state index is 13.5. The summed E-state index contributed by atoms with van der Waals surface area (Å²) in [7, 11) is 0. The fraction of sp³-hybridized carbons (Fsp3) is 0.708. The quantitative estimate of drug-likeness (QED) is 0.449. The predicted molar refractivity (Wildman–Crippen MR) is 133 cm³/mol. The Morgan fingerprint density at radius 1 is 1.17 bits per heavy atom. The molecule has 194 valence electrons. The molecule has 1 aliphatic heterocycles. The lowest BCUT2D eigenvalue weighted by Crippen LogP contribution is -2.51. The van der Waals surface area contributed by atoms with E-state index in [1.807, 2.05) is 20.8 Å². The van der Waals surface area contributed by atoms with Crippen molar-refractivity contribution in [2.24, 2.45) is 11.8 Å². The van der Waals surface area contributed by atoms with Crippen LogP contribution in [-0.4, -0.2) is 50.9 Å². The minimum absolute atomic E-state index is 0.0486. The van der Waals surface area contributed by atoms with E-state index in [0.29, 0.717) is 31.7 Å². The number of nitrogens with one attached hydrogen (secondary N) is 2. The SMILES string of the molecule is CCCCn1c(N)c(N(CC(C)C)C(=O)CN2C(=O)NC3(CCC(CC)CC3)C2=O)c(=O)[nH]c1=O. The summed E-state index contributed by atoms with van der Waals surface area (Å²) < 4.78 is 1.25. The molecule has 2 aliphatic rings. The van der Waals surface area contributed by atoms with Crippen molar-refractivity contribution in [3.05, 3.63) is 20.8 Å². The molecule has 11 nitrogen and oxygen atoms in total. The van der Waals surface area contributed by atoms with Gasteiger partial charge < -0.3 is 16.0 Å². The van der Waals surface area contributed by atoms with Crippen LogP contribution in [0.5, 0.6) is 0 Å². The highest BCUT2D eigenvalue weighted by Crippen LogP contribution is 2.37. The molecule has 1 aromatic heterocycles. The number of hydrogen-bond donors (Lipinski definition) is 3. The van der Waals surface area contributed by atoms with E-state index in [-0.39, 0.29) is 24.0 Å². The van der Waals surface area contributed by atoms with Crippen LogP contribution in [0.4, 0.5) is 16.3 Å². The molecule has 1 aromatic rings. The Morgan fingerprint density at radius 2 is 1.83 bits per heavy atom. The van der Waals surface area contributed by atoms with E-state index < -0.39 is 41.2 Å². The molecular formula is C24H38N6O5. The van der Waals surface area contributed by atoms with Crippen LogP contribution in [0, 0.1) is 11.8 Å². The molecule has 2 heterocycles. The highest BCUT2D eigenvalue weighted by atomic mass is 16.2. The highest BCUT2D eigenvalue weighted by Gasteiger charge is 2.52. The molecule has 1 saturated heterocycles. The Morgan fingerprint density at radius 3 is 2.40 bits per heavy atom. The number of nitrogen functional groups attached to an aromatic ring is 1. The van der Waals surface area contributed by atoms with Gasteiger partial charge in [0, 0.05) is 13.1 Å². The monoisotopic (exact) mass is 490 g/mol. The minimum atomic E-state index is -0.963. The summed E-state index contributed by atoms with van der Waals surface area (Å²) in [5, 5.41) is 2.83. The Kier molecular flexibility index (Phi) is 8.07. The molecule has 0 atom stereocenters. The first kappa shape index (κ1) is 26.5. The number of aromatic amines is 1. The summed E-state index contributed by atoms with van der Waals surface area (Å²) >= 11 is 0. The molecule has 4 N–H and O–H groups in total. The lowest BCUT2D eigenvalue weighted by Gasteiger charge is -2.34. The molecule has 1 spiro atoms. The molecule has 2 fully saturated rings. The number of carbonyl (C=O) groups is 3. The number of urea groups is 1. The number of amides is 4. The zero-order valence-electron chi connectivity index (χ0n) is 21.2. The van der Waals surface area contributed by atoms with Crippen molar-refractivity contribution in [3.8, 4) is 0 Å². The van der Waals surface area contributed by atoms with Gasteiger partial charge in [-0.2, -0.15) is 0 Å². The molecule has 35 heavy (non-hydrogen) atoms. The van der Waals surface area contributed by atoms with Crippen LogP contribution in [0.15, 0.2) is 9.59 Å². The largest absolute Gasteiger partial charge is 0.383 e. The summed E-state index contributed by atoms with van der Waals surface area (Å²) in [5.74, 6) is -0.634. The Hall–Kier alpha value is -3.11. The highest BCUT2D eigenvalue weighted by molar-refractivity contribution is 6.10. The van der Waals surface area contributed by atoms with Crippen LogP contribution in [-0.2, 0) is 16.1 Å². The van der Waals surface area contributed by atoms with Crippen molar-refractivity contribution >= 4 is 29.4 Å². The third-order valence-electron chi connectivity index (χ3n) is 7.14. The summed E-state index contributed by atoms with van der Waals surface area (Å²) in [6.07, 6.45) is 5.28. The van der Waals surface area contributed by atoms with Crippen LogP contribution in [0.1, 0.15) is 72.6 Å². The smallest absolute Gasteiger partial charge is 0.330 e. The molecule has 3 rings (SSSR count). The number of aromatic nitrogens is 2. The van der Waals surface area contributed by atoms with E-state index in [4.69, 9.17) is 5.73 Å². The standard InChI is InChI=1S/C24H38N6O5/c1-5-7-12-28-19(25)18(20(32)26-22(28)34)29(13-15(3)4)17(31)14-30-21(33)24(27-23(30)35)10-8-16(6-2)9-11-24/h15-16H,5-14,25H2,1-4H3,(H,27,35)(H,26,32,34). The Balaban J connectivity index is 1.90. The Labute approximate surface area is 205 Å². The third kappa shape index (κ3) is 5.28. The number of imide groups is 1. The molecule has 4 amide bonds. The topological polar surface area (TPSA) is 151 Å². The molecule has 1 saturated carbocycles. The number of rotatable bonds is 9. The van der Waals surface area contributed by atoms with Gasteiger partial charge in [0.15, 0.2) is 5.69 Å². The van der Waals surface area contributed by atoms with E-state index in [9.17, 15) is 24.0 Å². The zero-order valence-corrected chi connectivity index (χ0v) is 21.2. The zero-order chi connectivity index (χ0) is 25.9. The maximum atomic E-state index is 13.5. The van der Waals surface area contributed by atoms with Gasteiger partial charge in [0.25, 0.3) is 11.5 Å². The first-order valence-electron chi connectivity index (χ1n) is 12.6. The normalized spacial score (nSPS) is 22.2. The number of unbranched alkanes of at least 4 members (excludes halogenated alkanes) is 1. The lowest BCUT2D eigenvalue weighted by molar-refractivity contribution is -0.135. The first-order chi connectivity index (χ1) is 16.5. The van der Waals surface area contributed by atoms with E-state index in [1.165, 1.54) is 9.47 Å². The summed E-state index contributed by atoms with van der Waals surface area (Å²) in [6, 6.07) is -0.599. The van der Waals surface area contributed by atoms with E-state index in [0.717, 1.165) is 30.6 Å². The lowest BCUT2D eigenvalue weighted by atomic mass is 9.75. The molecule has 0 radical (unpaired) electrons. The van der Waals surface area contributed by atoms with Crippen LogP contribution >= 0.6 is 0 Å². The van der Waals surface area contributed by atoms with E-state index in [1.54, 1.807) is 0 Å². The second kappa shape index (κ2) is 10.7. The van der Waals surface area contributed by atoms with Crippen LogP contribution in [0.2, 0.25) is 0 Å². The molecule has 0 unspecified atom stereocenters. The molecule has 0 aromatic carbocycles. The number of nitrogens with zero attached hydrogens (tertiary/aromatic N) is 3. The van der Waals surface area contributed by atoms with Gasteiger partial charge in [-0.1, -0.05) is 40.5 Å². The Bertz CT molecular complexity index is 1080. The average molecular weight is 491 g/mol. The summed E-state index contributed by atoms with van der Waals surface area (Å²) in [4.78, 5) is 69.0. The van der Waals surface area contributed by atoms with Crippen LogP contribution < -0.4 is 27.2 Å². The third-order valence-corrected chi connectivity index (χ3v) is 7.14.